The summed E-state index contributed by atoms with van der Waals surface area (Å²) in [6.07, 6.45) is 6.93. The Kier molecular flexibility index (Phi) is 5.15. The highest BCUT2D eigenvalue weighted by Gasteiger charge is 2.23. The van der Waals surface area contributed by atoms with E-state index in [0.717, 1.165) is 18.8 Å². The maximum atomic E-state index is 11.1. The molecular formula is C16H21N3O2. The van der Waals surface area contributed by atoms with Gasteiger partial charge in [0.2, 0.25) is 0 Å². The molecule has 5 heteroatoms. The van der Waals surface area contributed by atoms with Crippen molar-refractivity contribution in [1.82, 2.24) is 0 Å². The first-order chi connectivity index (χ1) is 10.1. The number of rotatable bonds is 5. The van der Waals surface area contributed by atoms with Crippen LogP contribution in [0.2, 0.25) is 0 Å². The summed E-state index contributed by atoms with van der Waals surface area (Å²) in [5, 5.41) is 23.3. The number of hydrogen-bond donors (Lipinski definition) is 1. The molecule has 0 atom stereocenters. The van der Waals surface area contributed by atoms with Crippen LogP contribution in [0.15, 0.2) is 18.2 Å². The van der Waals surface area contributed by atoms with Crippen LogP contribution >= 0.6 is 0 Å². The quantitative estimate of drug-likeness (QED) is 0.649. The minimum Gasteiger partial charge on any atom is -0.377 e. The number of nitrogens with one attached hydrogen (secondary N) is 1. The van der Waals surface area contributed by atoms with E-state index in [4.69, 9.17) is 5.26 Å². The third-order valence-electron chi connectivity index (χ3n) is 4.23. The van der Waals surface area contributed by atoms with Crippen LogP contribution in [0.5, 0.6) is 0 Å². The van der Waals surface area contributed by atoms with Crippen molar-refractivity contribution in [3.8, 4) is 6.07 Å². The molecule has 0 bridgehead atoms. The molecule has 1 saturated carbocycles. The van der Waals surface area contributed by atoms with Crippen LogP contribution in [0.25, 0.3) is 0 Å². The lowest BCUT2D eigenvalue weighted by Gasteiger charge is -2.29. The van der Waals surface area contributed by atoms with Crippen LogP contribution in [-0.4, -0.2) is 11.0 Å². The second-order valence-electron chi connectivity index (χ2n) is 5.75. The average molecular weight is 287 g/mol. The van der Waals surface area contributed by atoms with Crippen LogP contribution in [0.4, 0.5) is 11.4 Å². The Morgan fingerprint density at radius 3 is 2.67 bits per heavy atom. The van der Waals surface area contributed by atoms with E-state index < -0.39 is 4.92 Å². The molecule has 0 amide bonds. The number of nitriles is 1. The highest BCUT2D eigenvalue weighted by molar-refractivity contribution is 5.64. The topological polar surface area (TPSA) is 79.0 Å². The molecule has 0 unspecified atom stereocenters. The van der Waals surface area contributed by atoms with Gasteiger partial charge >= 0.3 is 0 Å². The number of nitro benzene ring substituents is 1. The second kappa shape index (κ2) is 7.07. The van der Waals surface area contributed by atoms with Gasteiger partial charge in [0.25, 0.3) is 5.69 Å². The minimum atomic E-state index is -0.397. The predicted octanol–water partition coefficient (Wildman–Crippen LogP) is 4.24. The third-order valence-corrected chi connectivity index (χ3v) is 4.23. The number of hydrogen-bond acceptors (Lipinski definition) is 4. The minimum absolute atomic E-state index is 0.0460. The van der Waals surface area contributed by atoms with Crippen molar-refractivity contribution < 1.29 is 4.92 Å². The van der Waals surface area contributed by atoms with Gasteiger partial charge in [0.05, 0.1) is 16.6 Å². The van der Waals surface area contributed by atoms with E-state index in [1.54, 1.807) is 6.07 Å². The lowest BCUT2D eigenvalue weighted by atomic mass is 9.83. The van der Waals surface area contributed by atoms with Gasteiger partial charge in [-0.1, -0.05) is 19.8 Å². The van der Waals surface area contributed by atoms with E-state index in [2.05, 4.69) is 12.2 Å². The summed E-state index contributed by atoms with van der Waals surface area (Å²) in [5.74, 6) is 0.800. The Bertz CT molecular complexity index is 543. The highest BCUT2D eigenvalue weighted by atomic mass is 16.6. The molecule has 0 spiro atoms. The summed E-state index contributed by atoms with van der Waals surface area (Å²) in [6, 6.07) is 6.77. The zero-order valence-corrected chi connectivity index (χ0v) is 12.3. The molecule has 0 radical (unpaired) electrons. The van der Waals surface area contributed by atoms with Gasteiger partial charge in [-0.2, -0.15) is 5.26 Å². The van der Waals surface area contributed by atoms with Gasteiger partial charge in [0.1, 0.15) is 5.69 Å². The van der Waals surface area contributed by atoms with Crippen molar-refractivity contribution in [3.63, 3.8) is 0 Å². The molecule has 0 saturated heterocycles. The molecular weight excluding hydrogens is 266 g/mol. The zero-order valence-electron chi connectivity index (χ0n) is 12.3. The largest absolute Gasteiger partial charge is 0.377 e. The standard InChI is InChI=1S/C16H21N3O2/c1-2-3-12-4-7-14(8-5-12)18-15-10-13(11-17)6-9-16(15)19(20)21/h6,9-10,12,14,18H,2-5,7-8H2,1H3. The lowest BCUT2D eigenvalue weighted by Crippen LogP contribution is -2.26. The molecule has 1 aromatic carbocycles. The van der Waals surface area contributed by atoms with Gasteiger partial charge in [0.15, 0.2) is 0 Å². The molecule has 1 aromatic rings. The summed E-state index contributed by atoms with van der Waals surface area (Å²) in [6.45, 7) is 2.21. The summed E-state index contributed by atoms with van der Waals surface area (Å²) in [5.41, 5.74) is 0.963. The SMILES string of the molecule is CCCC1CCC(Nc2cc(C#N)ccc2[N+](=O)[O-])CC1. The average Bonchev–Trinajstić information content (AvgIpc) is 2.49. The summed E-state index contributed by atoms with van der Waals surface area (Å²) in [4.78, 5) is 10.7. The summed E-state index contributed by atoms with van der Waals surface area (Å²) in [7, 11) is 0. The molecule has 21 heavy (non-hydrogen) atoms. The third kappa shape index (κ3) is 3.94. The van der Waals surface area contributed by atoms with Crippen molar-refractivity contribution >= 4 is 11.4 Å². The fourth-order valence-electron chi connectivity index (χ4n) is 3.10. The van der Waals surface area contributed by atoms with Gasteiger partial charge in [0, 0.05) is 12.1 Å². The van der Waals surface area contributed by atoms with Crippen molar-refractivity contribution in [2.45, 2.75) is 51.5 Å². The number of nitro groups is 1. The number of benzene rings is 1. The second-order valence-corrected chi connectivity index (χ2v) is 5.75. The molecule has 0 aliphatic heterocycles. The zero-order chi connectivity index (χ0) is 15.2. The van der Waals surface area contributed by atoms with Gasteiger partial charge < -0.3 is 5.32 Å². The molecule has 0 heterocycles. The lowest BCUT2D eigenvalue weighted by molar-refractivity contribution is -0.384. The molecule has 5 nitrogen and oxygen atoms in total. The van der Waals surface area contributed by atoms with Crippen molar-refractivity contribution in [1.29, 1.82) is 5.26 Å². The molecule has 1 aliphatic carbocycles. The normalized spacial score (nSPS) is 21.5. The Balaban J connectivity index is 2.06. The molecule has 1 N–H and O–H groups in total. The number of nitrogens with zero attached hydrogens (tertiary/aromatic N) is 2. The predicted molar refractivity (Wildman–Crippen MR) is 82.1 cm³/mol. The first-order valence-corrected chi connectivity index (χ1v) is 7.59. The monoisotopic (exact) mass is 287 g/mol. The molecule has 0 aromatic heterocycles. The van der Waals surface area contributed by atoms with Crippen molar-refractivity contribution in [2.75, 3.05) is 5.32 Å². The summed E-state index contributed by atoms with van der Waals surface area (Å²) < 4.78 is 0. The number of anilines is 1. The van der Waals surface area contributed by atoms with Crippen LogP contribution < -0.4 is 5.32 Å². The smallest absolute Gasteiger partial charge is 0.292 e. The Morgan fingerprint density at radius 1 is 1.38 bits per heavy atom. The van der Waals surface area contributed by atoms with Crippen molar-refractivity contribution in [3.05, 3.63) is 33.9 Å². The Labute approximate surface area is 125 Å². The van der Waals surface area contributed by atoms with E-state index >= 15 is 0 Å². The molecule has 112 valence electrons. The summed E-state index contributed by atoms with van der Waals surface area (Å²) >= 11 is 0. The fraction of sp³-hybridized carbons (Fsp3) is 0.562. The molecule has 1 fully saturated rings. The maximum Gasteiger partial charge on any atom is 0.292 e. The maximum absolute atomic E-state index is 11.1. The Morgan fingerprint density at radius 2 is 2.10 bits per heavy atom. The van der Waals surface area contributed by atoms with E-state index in [9.17, 15) is 10.1 Å². The van der Waals surface area contributed by atoms with E-state index in [1.807, 2.05) is 6.07 Å². The van der Waals surface area contributed by atoms with Gasteiger partial charge in [-0.25, -0.2) is 0 Å². The van der Waals surface area contributed by atoms with E-state index in [0.29, 0.717) is 11.3 Å². The van der Waals surface area contributed by atoms with E-state index in [-0.39, 0.29) is 11.7 Å². The van der Waals surface area contributed by atoms with Gasteiger partial charge in [-0.3, -0.25) is 10.1 Å². The molecule has 1 aliphatic rings. The van der Waals surface area contributed by atoms with Crippen molar-refractivity contribution in [2.24, 2.45) is 5.92 Å². The fourth-order valence-corrected chi connectivity index (χ4v) is 3.10. The van der Waals surface area contributed by atoms with Gasteiger partial charge in [-0.05, 0) is 43.7 Å². The van der Waals surface area contributed by atoms with Crippen LogP contribution in [0, 0.1) is 27.4 Å². The van der Waals surface area contributed by atoms with Crippen LogP contribution in [-0.2, 0) is 0 Å². The van der Waals surface area contributed by atoms with E-state index in [1.165, 1.54) is 37.8 Å². The van der Waals surface area contributed by atoms with Crippen LogP contribution in [0.1, 0.15) is 51.0 Å². The highest BCUT2D eigenvalue weighted by Crippen LogP contribution is 2.32. The Hall–Kier alpha value is -2.09. The van der Waals surface area contributed by atoms with Crippen LogP contribution in [0.3, 0.4) is 0 Å². The first-order valence-electron chi connectivity index (χ1n) is 7.59. The molecule has 2 rings (SSSR count). The van der Waals surface area contributed by atoms with Gasteiger partial charge in [-0.15, -0.1) is 0 Å². The first kappa shape index (κ1) is 15.3.